The van der Waals surface area contributed by atoms with Crippen molar-refractivity contribution >= 4 is 16.4 Å². The van der Waals surface area contributed by atoms with Gasteiger partial charge in [-0.05, 0) is 41.3 Å². The van der Waals surface area contributed by atoms with Crippen LogP contribution in [-0.2, 0) is 6.18 Å². The minimum absolute atomic E-state index is 0.0508. The fraction of sp³-hybridized carbons (Fsp3) is 0.174. The summed E-state index contributed by atoms with van der Waals surface area (Å²) in [5.41, 5.74) is 0.931. The first kappa shape index (κ1) is 20.3. The zero-order chi connectivity index (χ0) is 23.6. The first-order valence-electron chi connectivity index (χ1n) is 10.4. The maximum absolute atomic E-state index is 13.1. The first-order valence-corrected chi connectivity index (χ1v) is 10.4. The second-order valence-corrected chi connectivity index (χ2v) is 8.29. The van der Waals surface area contributed by atoms with Crippen molar-refractivity contribution in [3.8, 4) is 11.3 Å². The number of benzene rings is 1. The van der Waals surface area contributed by atoms with E-state index in [1.807, 2.05) is 6.07 Å². The Labute approximate surface area is 188 Å². The fourth-order valence-electron chi connectivity index (χ4n) is 4.40. The number of aromatic amines is 2. The van der Waals surface area contributed by atoms with Gasteiger partial charge in [0.25, 0.3) is 5.56 Å². The number of aromatic nitrogens is 6. The normalized spacial score (nSPS) is 18.0. The lowest BCUT2D eigenvalue weighted by molar-refractivity contribution is -0.141. The van der Waals surface area contributed by atoms with Crippen molar-refractivity contribution in [2.75, 3.05) is 0 Å². The van der Waals surface area contributed by atoms with Gasteiger partial charge in [0, 0.05) is 35.7 Å². The maximum Gasteiger partial charge on any atom is 0.433 e. The molecule has 2 N–H and O–H groups in total. The molecule has 0 aliphatic heterocycles. The molecule has 0 bridgehead atoms. The summed E-state index contributed by atoms with van der Waals surface area (Å²) in [5.74, 6) is 0.131. The number of alkyl halides is 3. The molecule has 4 aromatic heterocycles. The second-order valence-electron chi connectivity index (χ2n) is 8.29. The van der Waals surface area contributed by atoms with Crippen LogP contribution in [0.1, 0.15) is 35.1 Å². The minimum Gasteiger partial charge on any atom is -0.313 e. The highest BCUT2D eigenvalue weighted by atomic mass is 19.4. The summed E-state index contributed by atoms with van der Waals surface area (Å²) in [6, 6.07) is 8.29. The Kier molecular flexibility index (Phi) is 4.25. The Bertz CT molecular complexity index is 1700. The summed E-state index contributed by atoms with van der Waals surface area (Å²) in [5, 5.41) is 5.55. The Hall–Kier alpha value is -4.28. The molecule has 11 heteroatoms. The average Bonchev–Trinajstić information content (AvgIpc) is 3.45. The summed E-state index contributed by atoms with van der Waals surface area (Å²) >= 11 is 0. The number of hydrogen-bond donors (Lipinski definition) is 2. The number of imidazole rings is 1. The van der Waals surface area contributed by atoms with E-state index >= 15 is 0 Å². The van der Waals surface area contributed by atoms with E-state index in [2.05, 4.69) is 25.0 Å². The highest BCUT2D eigenvalue weighted by Crippen LogP contribution is 2.56. The smallest absolute Gasteiger partial charge is 0.313 e. The highest BCUT2D eigenvalue weighted by molar-refractivity contribution is 5.83. The SMILES string of the molecule is O=c1[nH]cc(-c2cc(C3C[C@H]3c3ccc4cnc(C(F)(F)F)cc4c3)c3nccn3n2)c(=O)[nH]1. The van der Waals surface area contributed by atoms with E-state index in [-0.39, 0.29) is 17.4 Å². The fourth-order valence-corrected chi connectivity index (χ4v) is 4.40. The van der Waals surface area contributed by atoms with E-state index < -0.39 is 23.1 Å². The number of hydrogen-bond acceptors (Lipinski definition) is 5. The lowest BCUT2D eigenvalue weighted by atomic mass is 10.0. The van der Waals surface area contributed by atoms with Crippen LogP contribution in [0.4, 0.5) is 13.2 Å². The topological polar surface area (TPSA) is 109 Å². The standard InChI is InChI=1S/C23H15F3N6O2/c24-23(25,26)19-6-13-5-11(1-2-12(13)9-28-19)14-7-15(14)16-8-18(31-32-4-3-27-20(16)32)17-10-29-22(34)30-21(17)33/h1-6,8-10,14-15H,7H2,(H2,29,30,33,34)/t14-,15?/m0/s1. The molecule has 5 aromatic rings. The monoisotopic (exact) mass is 464 g/mol. The molecular formula is C23H15F3N6O2. The van der Waals surface area contributed by atoms with E-state index in [1.54, 1.807) is 35.1 Å². The number of fused-ring (bicyclic) bond motifs is 2. The molecule has 1 aliphatic rings. The van der Waals surface area contributed by atoms with Crippen molar-refractivity contribution in [1.82, 2.24) is 29.5 Å². The third-order valence-corrected chi connectivity index (χ3v) is 6.14. The van der Waals surface area contributed by atoms with Crippen LogP contribution in [0.2, 0.25) is 0 Å². The van der Waals surface area contributed by atoms with Crippen molar-refractivity contribution in [2.45, 2.75) is 24.4 Å². The molecule has 34 heavy (non-hydrogen) atoms. The van der Waals surface area contributed by atoms with Crippen LogP contribution in [0.3, 0.4) is 0 Å². The predicted octanol–water partition coefficient (Wildman–Crippen LogP) is 3.61. The molecule has 0 radical (unpaired) electrons. The summed E-state index contributed by atoms with van der Waals surface area (Å²) in [6.45, 7) is 0. The van der Waals surface area contributed by atoms with Crippen molar-refractivity contribution < 1.29 is 13.2 Å². The van der Waals surface area contributed by atoms with Gasteiger partial charge < -0.3 is 4.98 Å². The maximum atomic E-state index is 13.1. The predicted molar refractivity (Wildman–Crippen MR) is 117 cm³/mol. The summed E-state index contributed by atoms with van der Waals surface area (Å²) < 4.78 is 40.9. The van der Waals surface area contributed by atoms with Crippen LogP contribution in [0.5, 0.6) is 0 Å². The molecule has 0 saturated heterocycles. The Balaban J connectivity index is 1.40. The summed E-state index contributed by atoms with van der Waals surface area (Å²) in [4.78, 5) is 36.2. The number of pyridine rings is 1. The van der Waals surface area contributed by atoms with Crippen molar-refractivity contribution in [2.24, 2.45) is 0 Å². The highest BCUT2D eigenvalue weighted by Gasteiger charge is 2.41. The number of halogens is 3. The van der Waals surface area contributed by atoms with E-state index in [0.717, 1.165) is 23.6 Å². The Morgan fingerprint density at radius 2 is 1.88 bits per heavy atom. The molecule has 1 fully saturated rings. The summed E-state index contributed by atoms with van der Waals surface area (Å²) in [6.07, 6.45) is 2.09. The molecule has 4 heterocycles. The van der Waals surface area contributed by atoms with Crippen LogP contribution in [0.25, 0.3) is 27.7 Å². The van der Waals surface area contributed by atoms with Crippen molar-refractivity contribution in [1.29, 1.82) is 0 Å². The number of H-pyrrole nitrogens is 2. The van der Waals surface area contributed by atoms with Gasteiger partial charge in [0.15, 0.2) is 5.65 Å². The molecule has 2 atom stereocenters. The molecular weight excluding hydrogens is 449 g/mol. The minimum atomic E-state index is -4.51. The van der Waals surface area contributed by atoms with Crippen LogP contribution < -0.4 is 11.2 Å². The first-order chi connectivity index (χ1) is 16.3. The molecule has 1 saturated carbocycles. The van der Waals surface area contributed by atoms with Gasteiger partial charge >= 0.3 is 11.9 Å². The van der Waals surface area contributed by atoms with Crippen LogP contribution >= 0.6 is 0 Å². The van der Waals surface area contributed by atoms with Gasteiger partial charge in [-0.15, -0.1) is 0 Å². The van der Waals surface area contributed by atoms with Gasteiger partial charge in [0.05, 0.1) is 11.3 Å². The Morgan fingerprint density at radius 1 is 1.03 bits per heavy atom. The summed E-state index contributed by atoms with van der Waals surface area (Å²) in [7, 11) is 0. The Morgan fingerprint density at radius 3 is 2.68 bits per heavy atom. The van der Waals surface area contributed by atoms with Gasteiger partial charge in [0.2, 0.25) is 0 Å². The number of nitrogens with zero attached hydrogens (tertiary/aromatic N) is 4. The van der Waals surface area contributed by atoms with E-state index in [9.17, 15) is 22.8 Å². The van der Waals surface area contributed by atoms with E-state index in [0.29, 0.717) is 22.1 Å². The molecule has 1 aliphatic carbocycles. The lowest BCUT2D eigenvalue weighted by Gasteiger charge is -2.09. The molecule has 0 spiro atoms. The van der Waals surface area contributed by atoms with Crippen molar-refractivity contribution in [3.63, 3.8) is 0 Å². The quantitative estimate of drug-likeness (QED) is 0.424. The van der Waals surface area contributed by atoms with Gasteiger partial charge in [-0.2, -0.15) is 18.3 Å². The van der Waals surface area contributed by atoms with Gasteiger partial charge in [-0.25, -0.2) is 14.3 Å². The molecule has 170 valence electrons. The number of nitrogens with one attached hydrogen (secondary N) is 2. The molecule has 8 nitrogen and oxygen atoms in total. The van der Waals surface area contributed by atoms with E-state index in [4.69, 9.17) is 0 Å². The van der Waals surface area contributed by atoms with E-state index in [1.165, 1.54) is 12.4 Å². The van der Waals surface area contributed by atoms with Gasteiger partial charge in [-0.3, -0.25) is 14.8 Å². The van der Waals surface area contributed by atoms with Crippen LogP contribution in [0, 0.1) is 0 Å². The molecule has 1 unspecified atom stereocenters. The van der Waals surface area contributed by atoms with Gasteiger partial charge in [0.1, 0.15) is 5.69 Å². The molecule has 1 aromatic carbocycles. The van der Waals surface area contributed by atoms with Crippen LogP contribution in [-0.4, -0.2) is 29.5 Å². The largest absolute Gasteiger partial charge is 0.433 e. The average molecular weight is 464 g/mol. The third-order valence-electron chi connectivity index (χ3n) is 6.14. The third kappa shape index (κ3) is 3.36. The van der Waals surface area contributed by atoms with Crippen molar-refractivity contribution in [3.05, 3.63) is 92.8 Å². The zero-order valence-electron chi connectivity index (χ0n) is 17.3. The number of rotatable bonds is 3. The zero-order valence-corrected chi connectivity index (χ0v) is 17.3. The van der Waals surface area contributed by atoms with Gasteiger partial charge in [-0.1, -0.05) is 18.2 Å². The molecule has 0 amide bonds. The molecule has 6 rings (SSSR count). The second kappa shape index (κ2) is 7.11. The lowest BCUT2D eigenvalue weighted by Crippen LogP contribution is -2.23. The van der Waals surface area contributed by atoms with Crippen LogP contribution in [0.15, 0.2) is 64.7 Å².